The fourth-order valence-electron chi connectivity index (χ4n) is 1.48. The van der Waals surface area contributed by atoms with Crippen LogP contribution in [0.15, 0.2) is 9.41 Å². The molecule has 0 radical (unpaired) electrons. The van der Waals surface area contributed by atoms with Gasteiger partial charge in [-0.2, -0.15) is 0 Å². The zero-order valence-corrected chi connectivity index (χ0v) is 11.8. The molecule has 0 amide bonds. The molecule has 0 aromatic carbocycles. The Morgan fingerprint density at radius 1 is 1.28 bits per heavy atom. The molecule has 102 valence electrons. The smallest absolute Gasteiger partial charge is 0.216 e. The van der Waals surface area contributed by atoms with Crippen LogP contribution in [0.3, 0.4) is 0 Å². The molecule has 0 saturated heterocycles. The Hall–Kier alpha value is -1.52. The molecule has 1 rings (SSSR count). The first-order chi connectivity index (χ1) is 8.67. The lowest BCUT2D eigenvalue weighted by atomic mass is 10.3. The number of aliphatic imine (C=N–C) groups is 1. The number of nitrogens with one attached hydrogen (secondary N) is 2. The lowest BCUT2D eigenvalue weighted by Gasteiger charge is -2.09. The van der Waals surface area contributed by atoms with Crippen molar-refractivity contribution in [2.24, 2.45) is 4.99 Å². The minimum Gasteiger partial charge on any atom is -0.444 e. The summed E-state index contributed by atoms with van der Waals surface area (Å²) < 4.78 is 5.49. The Kier molecular flexibility index (Phi) is 6.25. The molecule has 0 aliphatic rings. The van der Waals surface area contributed by atoms with Crippen LogP contribution in [0.1, 0.15) is 44.0 Å². The van der Waals surface area contributed by atoms with Crippen LogP contribution < -0.4 is 10.6 Å². The van der Waals surface area contributed by atoms with Gasteiger partial charge in [-0.1, -0.05) is 13.3 Å². The Labute approximate surface area is 109 Å². The summed E-state index contributed by atoms with van der Waals surface area (Å²) in [6, 6.07) is 0. The van der Waals surface area contributed by atoms with Crippen LogP contribution >= 0.6 is 0 Å². The number of aryl methyl sites for hydroxylation is 2. The number of unbranched alkanes of at least 4 members (excludes halogenated alkanes) is 1. The van der Waals surface area contributed by atoms with E-state index in [4.69, 9.17) is 4.42 Å². The van der Waals surface area contributed by atoms with Crippen molar-refractivity contribution in [3.05, 3.63) is 17.3 Å². The van der Waals surface area contributed by atoms with Crippen molar-refractivity contribution in [2.75, 3.05) is 13.1 Å². The largest absolute Gasteiger partial charge is 0.444 e. The monoisotopic (exact) mass is 252 g/mol. The maximum atomic E-state index is 5.49. The second kappa shape index (κ2) is 7.74. The molecule has 0 aliphatic carbocycles. The molecule has 0 aliphatic heterocycles. The Bertz CT molecular complexity index is 365. The van der Waals surface area contributed by atoms with Crippen LogP contribution in [0.4, 0.5) is 0 Å². The van der Waals surface area contributed by atoms with Gasteiger partial charge in [0.1, 0.15) is 12.3 Å². The first-order valence-corrected chi connectivity index (χ1v) is 6.62. The molecular formula is C13H24N4O. The van der Waals surface area contributed by atoms with E-state index in [0.29, 0.717) is 12.4 Å². The number of nitrogens with zero attached hydrogens (tertiary/aromatic N) is 2. The predicted molar refractivity (Wildman–Crippen MR) is 73.7 cm³/mol. The summed E-state index contributed by atoms with van der Waals surface area (Å²) in [5.41, 5.74) is 0.934. The third-order valence-electron chi connectivity index (χ3n) is 2.61. The fraction of sp³-hybridized carbons (Fsp3) is 0.692. The molecule has 0 saturated carbocycles. The van der Waals surface area contributed by atoms with Crippen molar-refractivity contribution in [3.63, 3.8) is 0 Å². The van der Waals surface area contributed by atoms with Gasteiger partial charge in [0.15, 0.2) is 5.96 Å². The van der Waals surface area contributed by atoms with Gasteiger partial charge < -0.3 is 15.1 Å². The minimum absolute atomic E-state index is 0.468. The van der Waals surface area contributed by atoms with E-state index in [1.807, 2.05) is 13.8 Å². The van der Waals surface area contributed by atoms with E-state index < -0.39 is 0 Å². The van der Waals surface area contributed by atoms with Gasteiger partial charge in [0, 0.05) is 13.1 Å². The zero-order chi connectivity index (χ0) is 13.4. The molecule has 0 fully saturated rings. The molecule has 2 N–H and O–H groups in total. The maximum absolute atomic E-state index is 5.49. The second-order valence-corrected chi connectivity index (χ2v) is 4.22. The van der Waals surface area contributed by atoms with Gasteiger partial charge in [0.25, 0.3) is 0 Å². The summed E-state index contributed by atoms with van der Waals surface area (Å²) in [6.45, 7) is 10.3. The normalized spacial score (nSPS) is 11.7. The van der Waals surface area contributed by atoms with Gasteiger partial charge in [-0.25, -0.2) is 9.98 Å². The molecule has 5 heteroatoms. The Morgan fingerprint density at radius 2 is 2.06 bits per heavy atom. The molecular weight excluding hydrogens is 228 g/mol. The molecule has 0 spiro atoms. The summed E-state index contributed by atoms with van der Waals surface area (Å²) in [7, 11) is 0. The molecule has 0 bridgehead atoms. The van der Waals surface area contributed by atoms with Crippen LogP contribution in [-0.4, -0.2) is 24.0 Å². The van der Waals surface area contributed by atoms with Gasteiger partial charge in [-0.15, -0.1) is 0 Å². The summed E-state index contributed by atoms with van der Waals surface area (Å²) in [4.78, 5) is 8.76. The van der Waals surface area contributed by atoms with E-state index in [9.17, 15) is 0 Å². The van der Waals surface area contributed by atoms with Crippen molar-refractivity contribution >= 4 is 5.96 Å². The topological polar surface area (TPSA) is 62.5 Å². The number of oxazole rings is 1. The number of aromatic nitrogens is 1. The van der Waals surface area contributed by atoms with Crippen LogP contribution in [-0.2, 0) is 6.54 Å². The third kappa shape index (κ3) is 4.77. The highest BCUT2D eigenvalue weighted by atomic mass is 16.4. The van der Waals surface area contributed by atoms with Crippen molar-refractivity contribution in [1.82, 2.24) is 15.6 Å². The van der Waals surface area contributed by atoms with Crippen LogP contribution in [0.25, 0.3) is 0 Å². The van der Waals surface area contributed by atoms with Crippen molar-refractivity contribution in [2.45, 2.75) is 47.1 Å². The quantitative estimate of drug-likeness (QED) is 0.462. The number of guanidine groups is 1. The first-order valence-electron chi connectivity index (χ1n) is 6.62. The lowest BCUT2D eigenvalue weighted by Crippen LogP contribution is -2.37. The molecule has 1 heterocycles. The predicted octanol–water partition coefficient (Wildman–Crippen LogP) is 2.15. The standard InChI is InChI=1S/C13H24N4O/c1-5-7-8-15-13(14-6-2)16-9-12-17-10(3)11(4)18-12/h5-9H2,1-4H3,(H2,14,15,16). The van der Waals surface area contributed by atoms with Gasteiger partial charge in [0.2, 0.25) is 5.89 Å². The van der Waals surface area contributed by atoms with E-state index in [1.165, 1.54) is 6.42 Å². The van der Waals surface area contributed by atoms with E-state index in [2.05, 4.69) is 34.5 Å². The molecule has 1 aromatic heterocycles. The summed E-state index contributed by atoms with van der Waals surface area (Å²) in [5.74, 6) is 2.35. The van der Waals surface area contributed by atoms with Crippen molar-refractivity contribution < 1.29 is 4.42 Å². The number of hydrogen-bond donors (Lipinski definition) is 2. The van der Waals surface area contributed by atoms with Crippen LogP contribution in [0.2, 0.25) is 0 Å². The first kappa shape index (κ1) is 14.5. The highest BCUT2D eigenvalue weighted by Gasteiger charge is 2.05. The SMILES string of the molecule is CCCCNC(=NCc1nc(C)c(C)o1)NCC. The zero-order valence-electron chi connectivity index (χ0n) is 11.8. The molecule has 0 atom stereocenters. The van der Waals surface area contributed by atoms with E-state index in [0.717, 1.165) is 36.9 Å². The highest BCUT2D eigenvalue weighted by Crippen LogP contribution is 2.08. The molecule has 18 heavy (non-hydrogen) atoms. The van der Waals surface area contributed by atoms with Gasteiger partial charge in [0.05, 0.1) is 5.69 Å². The van der Waals surface area contributed by atoms with E-state index >= 15 is 0 Å². The van der Waals surface area contributed by atoms with Crippen LogP contribution in [0.5, 0.6) is 0 Å². The molecule has 1 aromatic rings. The Balaban J connectivity index is 2.53. The molecule has 5 nitrogen and oxygen atoms in total. The maximum Gasteiger partial charge on any atom is 0.216 e. The number of rotatable bonds is 6. The van der Waals surface area contributed by atoms with Crippen molar-refractivity contribution in [3.8, 4) is 0 Å². The Morgan fingerprint density at radius 3 is 2.61 bits per heavy atom. The molecule has 0 unspecified atom stereocenters. The summed E-state index contributed by atoms with van der Waals surface area (Å²) in [6.07, 6.45) is 2.31. The third-order valence-corrected chi connectivity index (χ3v) is 2.61. The summed E-state index contributed by atoms with van der Waals surface area (Å²) in [5, 5.41) is 6.49. The van der Waals surface area contributed by atoms with Gasteiger partial charge >= 0.3 is 0 Å². The average Bonchev–Trinajstić information content (AvgIpc) is 2.66. The second-order valence-electron chi connectivity index (χ2n) is 4.22. The highest BCUT2D eigenvalue weighted by molar-refractivity contribution is 5.79. The van der Waals surface area contributed by atoms with E-state index in [1.54, 1.807) is 0 Å². The van der Waals surface area contributed by atoms with Crippen molar-refractivity contribution in [1.29, 1.82) is 0 Å². The lowest BCUT2D eigenvalue weighted by molar-refractivity contribution is 0.472. The number of hydrogen-bond acceptors (Lipinski definition) is 3. The van der Waals surface area contributed by atoms with Crippen LogP contribution in [0, 0.1) is 13.8 Å². The fourth-order valence-corrected chi connectivity index (χ4v) is 1.48. The average molecular weight is 252 g/mol. The summed E-state index contributed by atoms with van der Waals surface area (Å²) >= 11 is 0. The van der Waals surface area contributed by atoms with Gasteiger partial charge in [-0.05, 0) is 27.2 Å². The van der Waals surface area contributed by atoms with E-state index in [-0.39, 0.29) is 0 Å². The van der Waals surface area contributed by atoms with Gasteiger partial charge in [-0.3, -0.25) is 0 Å². The minimum atomic E-state index is 0.468.